The molecule has 3 N–H and O–H groups in total. The van der Waals surface area contributed by atoms with Crippen LogP contribution in [-0.4, -0.2) is 20.6 Å². The Balaban J connectivity index is 1.56. The third-order valence-electron chi connectivity index (χ3n) is 5.67. The minimum atomic E-state index is -0.452. The van der Waals surface area contributed by atoms with E-state index in [9.17, 15) is 4.79 Å². The van der Waals surface area contributed by atoms with E-state index >= 15 is 0 Å². The van der Waals surface area contributed by atoms with Crippen LogP contribution in [0.4, 0.5) is 5.88 Å². The maximum atomic E-state index is 12.0. The van der Waals surface area contributed by atoms with Crippen molar-refractivity contribution in [2.75, 3.05) is 4.72 Å². The number of nitrogens with one attached hydrogen (secondary N) is 1. The van der Waals surface area contributed by atoms with Crippen molar-refractivity contribution in [3.8, 4) is 11.1 Å². The van der Waals surface area contributed by atoms with Crippen molar-refractivity contribution in [2.24, 2.45) is 5.73 Å². The van der Waals surface area contributed by atoms with Crippen LogP contribution in [0.2, 0.25) is 0 Å². The summed E-state index contributed by atoms with van der Waals surface area (Å²) < 4.78 is 10.5. The Bertz CT molecular complexity index is 1290. The number of carbonyl (C=O) groups excluding carboxylic acids is 1. The fourth-order valence-corrected chi connectivity index (χ4v) is 4.60. The average molecular weight is 462 g/mol. The monoisotopic (exact) mass is 461 g/mol. The molecule has 0 aliphatic heterocycles. The molecule has 33 heavy (non-hydrogen) atoms. The first-order chi connectivity index (χ1) is 15.9. The molecular weight excluding hydrogens is 434 g/mol. The Morgan fingerprint density at radius 1 is 1.09 bits per heavy atom. The summed E-state index contributed by atoms with van der Waals surface area (Å²) in [6.45, 7) is 8.30. The molecule has 4 aromatic rings. The number of anilines is 1. The van der Waals surface area contributed by atoms with Gasteiger partial charge in [-0.25, -0.2) is 4.98 Å². The Morgan fingerprint density at radius 2 is 1.82 bits per heavy atom. The van der Waals surface area contributed by atoms with Crippen molar-refractivity contribution in [3.05, 3.63) is 82.6 Å². The number of benzene rings is 2. The molecule has 0 aliphatic rings. The van der Waals surface area contributed by atoms with Crippen LogP contribution in [0.15, 0.2) is 57.9 Å². The lowest BCUT2D eigenvalue weighted by atomic mass is 10.0. The molecule has 7 nitrogen and oxygen atoms in total. The predicted octanol–water partition coefficient (Wildman–Crippen LogP) is 5.29. The Labute approximate surface area is 197 Å². The van der Waals surface area contributed by atoms with Crippen molar-refractivity contribution < 1.29 is 9.32 Å². The van der Waals surface area contributed by atoms with Crippen LogP contribution in [0.1, 0.15) is 45.8 Å². The largest absolute Gasteiger partial charge is 0.364 e. The summed E-state index contributed by atoms with van der Waals surface area (Å²) in [5, 5.41) is 4.00. The summed E-state index contributed by atoms with van der Waals surface area (Å²) in [5.74, 6) is 1.07. The number of nitrogens with zero attached hydrogens (tertiary/aromatic N) is 3. The first-order valence-corrected chi connectivity index (χ1v) is 11.6. The van der Waals surface area contributed by atoms with E-state index in [2.05, 4.69) is 51.3 Å². The molecule has 0 aliphatic carbocycles. The van der Waals surface area contributed by atoms with E-state index in [0.29, 0.717) is 23.8 Å². The van der Waals surface area contributed by atoms with Gasteiger partial charge in [-0.1, -0.05) is 54.5 Å². The fourth-order valence-electron chi connectivity index (χ4n) is 3.76. The molecule has 0 spiro atoms. The number of aryl methyl sites for hydroxylation is 3. The smallest absolute Gasteiger partial charge is 0.267 e. The molecule has 2 aromatic heterocycles. The molecule has 0 unspecified atom stereocenters. The van der Waals surface area contributed by atoms with Gasteiger partial charge in [-0.05, 0) is 55.5 Å². The van der Waals surface area contributed by atoms with Gasteiger partial charge in [0.1, 0.15) is 11.5 Å². The quantitative estimate of drug-likeness (QED) is 0.346. The normalized spacial score (nSPS) is 11.0. The average Bonchev–Trinajstić information content (AvgIpc) is 3.31. The van der Waals surface area contributed by atoms with Crippen LogP contribution >= 0.6 is 11.9 Å². The molecule has 0 fully saturated rings. The van der Waals surface area contributed by atoms with E-state index < -0.39 is 5.91 Å². The van der Waals surface area contributed by atoms with E-state index in [0.717, 1.165) is 45.1 Å². The Hall–Kier alpha value is -3.52. The summed E-state index contributed by atoms with van der Waals surface area (Å²) in [6.07, 6.45) is 0.730. The van der Waals surface area contributed by atoms with Crippen LogP contribution in [0, 0.1) is 20.8 Å². The number of amides is 1. The van der Waals surface area contributed by atoms with Crippen molar-refractivity contribution in [3.63, 3.8) is 0 Å². The number of rotatable bonds is 8. The first-order valence-electron chi connectivity index (χ1n) is 10.8. The number of nitrogens with two attached hydrogens (primary N) is 1. The molecule has 2 heterocycles. The van der Waals surface area contributed by atoms with Gasteiger partial charge in [-0.15, -0.1) is 0 Å². The predicted molar refractivity (Wildman–Crippen MR) is 131 cm³/mol. The molecule has 0 bridgehead atoms. The van der Waals surface area contributed by atoms with Gasteiger partial charge in [0, 0.05) is 23.4 Å². The number of primary amides is 1. The molecule has 0 atom stereocenters. The molecule has 0 saturated heterocycles. The third-order valence-corrected chi connectivity index (χ3v) is 6.54. The summed E-state index contributed by atoms with van der Waals surface area (Å²) >= 11 is 1.49. The third kappa shape index (κ3) is 4.66. The van der Waals surface area contributed by atoms with Gasteiger partial charge in [0.2, 0.25) is 5.88 Å². The zero-order chi connectivity index (χ0) is 23.5. The highest BCUT2D eigenvalue weighted by Gasteiger charge is 2.18. The second-order valence-electron chi connectivity index (χ2n) is 7.89. The van der Waals surface area contributed by atoms with Gasteiger partial charge >= 0.3 is 0 Å². The molecule has 4 rings (SSSR count). The zero-order valence-electron chi connectivity index (χ0n) is 19.2. The minimum Gasteiger partial charge on any atom is -0.364 e. The zero-order valence-corrected chi connectivity index (χ0v) is 20.0. The van der Waals surface area contributed by atoms with Crippen molar-refractivity contribution in [1.29, 1.82) is 0 Å². The lowest BCUT2D eigenvalue weighted by Crippen LogP contribution is -2.19. The maximum absolute atomic E-state index is 12.0. The molecular formula is C25H27N5O2S. The summed E-state index contributed by atoms with van der Waals surface area (Å²) in [4.78, 5) is 17.6. The number of aromatic nitrogens is 3. The summed E-state index contributed by atoms with van der Waals surface area (Å²) in [6, 6.07) is 16.5. The van der Waals surface area contributed by atoms with Gasteiger partial charge < -0.3 is 14.8 Å². The highest BCUT2D eigenvalue weighted by atomic mass is 32.2. The minimum absolute atomic E-state index is 0.452. The highest BCUT2D eigenvalue weighted by Crippen LogP contribution is 2.33. The number of carbonyl (C=O) groups is 1. The molecule has 170 valence electrons. The Kier molecular flexibility index (Phi) is 6.55. The van der Waals surface area contributed by atoms with Crippen LogP contribution in [0.3, 0.4) is 0 Å². The lowest BCUT2D eigenvalue weighted by molar-refractivity contribution is 0.0991. The van der Waals surface area contributed by atoms with Crippen molar-refractivity contribution in [1.82, 2.24) is 14.7 Å². The Morgan fingerprint density at radius 3 is 2.45 bits per heavy atom. The van der Waals surface area contributed by atoms with E-state index in [1.54, 1.807) is 0 Å². The molecule has 1 amide bonds. The van der Waals surface area contributed by atoms with E-state index in [4.69, 9.17) is 10.3 Å². The van der Waals surface area contributed by atoms with Gasteiger partial charge in [-0.2, -0.15) is 0 Å². The highest BCUT2D eigenvalue weighted by molar-refractivity contribution is 8.00. The number of imidazole rings is 1. The first kappa shape index (κ1) is 22.7. The van der Waals surface area contributed by atoms with E-state index in [1.807, 2.05) is 44.4 Å². The number of hydrogen-bond acceptors (Lipinski definition) is 6. The molecule has 8 heteroatoms. The maximum Gasteiger partial charge on any atom is 0.267 e. The fraction of sp³-hybridized carbons (Fsp3) is 0.240. The lowest BCUT2D eigenvalue weighted by Gasteiger charge is -2.12. The van der Waals surface area contributed by atoms with Gasteiger partial charge in [-0.3, -0.25) is 9.52 Å². The van der Waals surface area contributed by atoms with Gasteiger partial charge in [0.15, 0.2) is 0 Å². The van der Waals surface area contributed by atoms with E-state index in [-0.39, 0.29) is 0 Å². The van der Waals surface area contributed by atoms with Crippen LogP contribution < -0.4 is 10.5 Å². The molecule has 0 radical (unpaired) electrons. The van der Waals surface area contributed by atoms with Gasteiger partial charge in [0.05, 0.1) is 11.4 Å². The second kappa shape index (κ2) is 9.54. The van der Waals surface area contributed by atoms with Crippen LogP contribution in [0.25, 0.3) is 11.1 Å². The standard InChI is InChI=1S/C25H27N5O2S/c1-5-22-27-17(4)23(24(26)31)30(22)14-18-10-12-19(13-11-18)20-8-6-7-9-21(20)33-29-25-15(2)16(3)28-32-25/h6-13,29H,5,14H2,1-4H3,(H2,26,31). The molecule has 0 saturated carbocycles. The SMILES string of the molecule is CCc1nc(C)c(C(N)=O)n1Cc1ccc(-c2ccccc2SNc2onc(C)c2C)cc1. The summed E-state index contributed by atoms with van der Waals surface area (Å²) in [5.41, 5.74) is 11.9. The van der Waals surface area contributed by atoms with Crippen molar-refractivity contribution in [2.45, 2.75) is 45.6 Å². The summed E-state index contributed by atoms with van der Waals surface area (Å²) in [7, 11) is 0. The molecule has 2 aromatic carbocycles. The van der Waals surface area contributed by atoms with Gasteiger partial charge in [0.25, 0.3) is 5.91 Å². The van der Waals surface area contributed by atoms with Crippen LogP contribution in [-0.2, 0) is 13.0 Å². The second-order valence-corrected chi connectivity index (χ2v) is 8.73. The van der Waals surface area contributed by atoms with E-state index in [1.165, 1.54) is 11.9 Å². The number of hydrogen-bond donors (Lipinski definition) is 2. The van der Waals surface area contributed by atoms with Crippen molar-refractivity contribution >= 4 is 23.7 Å². The van der Waals surface area contributed by atoms with Crippen LogP contribution in [0.5, 0.6) is 0 Å². The topological polar surface area (TPSA) is 99.0 Å².